The minimum atomic E-state index is 0.873. The van der Waals surface area contributed by atoms with E-state index in [0.717, 1.165) is 39.1 Å². The quantitative estimate of drug-likeness (QED) is 0.179. The fourth-order valence-corrected chi connectivity index (χ4v) is 7.52. The van der Waals surface area contributed by atoms with E-state index in [9.17, 15) is 0 Å². The Morgan fingerprint density at radius 3 is 1.55 bits per heavy atom. The summed E-state index contributed by atoms with van der Waals surface area (Å²) in [5.41, 5.74) is 10.1. The summed E-state index contributed by atoms with van der Waals surface area (Å²) in [5.74, 6) is 0.873. The standard InChI is InChI=1S/C46H30N3/c1-3-11-31(12-4-1)33-19-24-37(25-20-33)48-30-44(47-40-26-21-36(29-43(40)48)32-13-5-2-6-14-32)49-41-27-22-34-15-7-9-17-38(34)45(41)46-39-18-10-8-16-35(39)23-28-42(46)49/h1-30H/q+1. The molecule has 2 heterocycles. The summed E-state index contributed by atoms with van der Waals surface area (Å²) in [7, 11) is 0. The second-order valence-corrected chi connectivity index (χ2v) is 12.6. The molecule has 0 radical (unpaired) electrons. The molecular weight excluding hydrogens is 595 g/mol. The number of nitrogens with zero attached hydrogens (tertiary/aromatic N) is 3. The van der Waals surface area contributed by atoms with Gasteiger partial charge in [-0.25, -0.2) is 4.98 Å². The minimum Gasteiger partial charge on any atom is -0.289 e. The smallest absolute Gasteiger partial charge is 0.237 e. The van der Waals surface area contributed by atoms with Crippen molar-refractivity contribution in [1.82, 2.24) is 9.55 Å². The van der Waals surface area contributed by atoms with Crippen molar-refractivity contribution in [2.75, 3.05) is 0 Å². The molecule has 0 fully saturated rings. The van der Waals surface area contributed by atoms with Gasteiger partial charge in [0.25, 0.3) is 0 Å². The summed E-state index contributed by atoms with van der Waals surface area (Å²) in [4.78, 5) is 5.41. The van der Waals surface area contributed by atoms with Crippen LogP contribution in [0, 0.1) is 0 Å². The lowest BCUT2D eigenvalue weighted by atomic mass is 10.00. The number of aromatic nitrogens is 3. The van der Waals surface area contributed by atoms with Gasteiger partial charge in [0.15, 0.2) is 0 Å². The van der Waals surface area contributed by atoms with Crippen molar-refractivity contribution in [2.24, 2.45) is 0 Å². The van der Waals surface area contributed by atoms with Crippen LogP contribution >= 0.6 is 0 Å². The molecule has 0 amide bonds. The zero-order valence-corrected chi connectivity index (χ0v) is 26.7. The second-order valence-electron chi connectivity index (χ2n) is 12.6. The number of rotatable bonds is 4. The highest BCUT2D eigenvalue weighted by Gasteiger charge is 2.23. The van der Waals surface area contributed by atoms with Crippen LogP contribution in [0.1, 0.15) is 0 Å². The zero-order valence-electron chi connectivity index (χ0n) is 26.7. The molecule has 3 heteroatoms. The van der Waals surface area contributed by atoms with Gasteiger partial charge in [0, 0.05) is 29.0 Å². The molecule has 10 rings (SSSR count). The highest BCUT2D eigenvalue weighted by molar-refractivity contribution is 6.28. The molecule has 0 aliphatic heterocycles. The van der Waals surface area contributed by atoms with Crippen LogP contribution < -0.4 is 4.57 Å². The summed E-state index contributed by atoms with van der Waals surface area (Å²) in [6.45, 7) is 0. The number of hydrogen-bond acceptors (Lipinski definition) is 1. The fourth-order valence-electron chi connectivity index (χ4n) is 7.52. The van der Waals surface area contributed by atoms with Gasteiger partial charge in [0.1, 0.15) is 5.52 Å². The van der Waals surface area contributed by atoms with Gasteiger partial charge in [-0.2, -0.15) is 4.57 Å². The van der Waals surface area contributed by atoms with E-state index in [-0.39, 0.29) is 0 Å². The monoisotopic (exact) mass is 624 g/mol. The van der Waals surface area contributed by atoms with Crippen LogP contribution in [0.15, 0.2) is 182 Å². The van der Waals surface area contributed by atoms with Crippen molar-refractivity contribution in [2.45, 2.75) is 0 Å². The van der Waals surface area contributed by atoms with Crippen molar-refractivity contribution in [3.05, 3.63) is 182 Å². The topological polar surface area (TPSA) is 21.7 Å². The van der Waals surface area contributed by atoms with E-state index in [0.29, 0.717) is 0 Å². The molecular formula is C46H30N3+. The van der Waals surface area contributed by atoms with E-state index in [1.54, 1.807) is 0 Å². The van der Waals surface area contributed by atoms with E-state index < -0.39 is 0 Å². The van der Waals surface area contributed by atoms with Gasteiger partial charge < -0.3 is 0 Å². The predicted molar refractivity (Wildman–Crippen MR) is 203 cm³/mol. The fraction of sp³-hybridized carbons (Fsp3) is 0. The summed E-state index contributed by atoms with van der Waals surface area (Å²) in [6.07, 6.45) is 2.21. The van der Waals surface area contributed by atoms with Gasteiger partial charge in [-0.1, -0.05) is 127 Å². The lowest BCUT2D eigenvalue weighted by Crippen LogP contribution is -2.32. The van der Waals surface area contributed by atoms with Crippen molar-refractivity contribution < 1.29 is 4.57 Å². The van der Waals surface area contributed by atoms with E-state index in [2.05, 4.69) is 191 Å². The Bertz CT molecular complexity index is 2760. The molecule has 0 N–H and O–H groups in total. The molecule has 0 spiro atoms. The van der Waals surface area contributed by atoms with Gasteiger partial charge in [-0.3, -0.25) is 4.57 Å². The molecule has 0 aliphatic rings. The molecule has 0 unspecified atom stereocenters. The summed E-state index contributed by atoms with van der Waals surface area (Å²) >= 11 is 0. The van der Waals surface area contributed by atoms with Crippen molar-refractivity contribution in [1.29, 1.82) is 0 Å². The van der Waals surface area contributed by atoms with Crippen molar-refractivity contribution >= 4 is 54.4 Å². The third-order valence-corrected chi connectivity index (χ3v) is 9.85. The first-order valence-electron chi connectivity index (χ1n) is 16.7. The van der Waals surface area contributed by atoms with Crippen LogP contribution in [-0.2, 0) is 0 Å². The Balaban J connectivity index is 1.28. The van der Waals surface area contributed by atoms with Gasteiger partial charge >= 0.3 is 0 Å². The van der Waals surface area contributed by atoms with E-state index in [4.69, 9.17) is 4.98 Å². The number of benzene rings is 8. The van der Waals surface area contributed by atoms with Crippen molar-refractivity contribution in [3.63, 3.8) is 0 Å². The highest BCUT2D eigenvalue weighted by Crippen LogP contribution is 2.40. The van der Waals surface area contributed by atoms with Crippen LogP contribution in [0.25, 0.3) is 88.1 Å². The molecule has 0 saturated carbocycles. The lowest BCUT2D eigenvalue weighted by molar-refractivity contribution is -0.567. The average molecular weight is 625 g/mol. The van der Waals surface area contributed by atoms with E-state index >= 15 is 0 Å². The van der Waals surface area contributed by atoms with Crippen molar-refractivity contribution in [3.8, 4) is 33.8 Å². The Labute approximate surface area is 283 Å². The van der Waals surface area contributed by atoms with E-state index in [1.807, 2.05) is 0 Å². The molecule has 0 aliphatic carbocycles. The molecule has 0 bridgehead atoms. The minimum absolute atomic E-state index is 0.873. The summed E-state index contributed by atoms with van der Waals surface area (Å²) < 4.78 is 4.65. The highest BCUT2D eigenvalue weighted by atomic mass is 15.1. The molecule has 8 aromatic carbocycles. The van der Waals surface area contributed by atoms with Crippen LogP contribution in [0.2, 0.25) is 0 Å². The second kappa shape index (κ2) is 11.0. The number of fused-ring (bicyclic) bond motifs is 8. The summed E-state index contributed by atoms with van der Waals surface area (Å²) in [5, 5.41) is 7.47. The maximum absolute atomic E-state index is 5.41. The summed E-state index contributed by atoms with van der Waals surface area (Å²) in [6, 6.07) is 63.0. The van der Waals surface area contributed by atoms with Crippen LogP contribution in [-0.4, -0.2) is 9.55 Å². The third kappa shape index (κ3) is 4.44. The first kappa shape index (κ1) is 27.5. The predicted octanol–water partition coefficient (Wildman–Crippen LogP) is 11.2. The molecule has 0 saturated heterocycles. The van der Waals surface area contributed by atoms with Gasteiger partial charge in [-0.15, -0.1) is 0 Å². The SMILES string of the molecule is c1ccc(-c2ccc(-[n+]3cc(-n4c5ccc6ccccc6c5c5c6ccccc6ccc54)nc4ccc(-c5ccccc5)cc43)cc2)cc1. The van der Waals surface area contributed by atoms with Crippen LogP contribution in [0.4, 0.5) is 0 Å². The van der Waals surface area contributed by atoms with E-state index in [1.165, 1.54) is 49.0 Å². The molecule has 10 aromatic rings. The Morgan fingerprint density at radius 2 is 0.939 bits per heavy atom. The van der Waals surface area contributed by atoms with Crippen LogP contribution in [0.3, 0.4) is 0 Å². The molecule has 0 atom stereocenters. The molecule has 2 aromatic heterocycles. The first-order chi connectivity index (χ1) is 24.3. The normalized spacial score (nSPS) is 11.7. The lowest BCUT2D eigenvalue weighted by Gasteiger charge is -2.10. The van der Waals surface area contributed by atoms with Gasteiger partial charge in [0.2, 0.25) is 23.2 Å². The first-order valence-corrected chi connectivity index (χ1v) is 16.7. The molecule has 49 heavy (non-hydrogen) atoms. The Morgan fingerprint density at radius 1 is 0.429 bits per heavy atom. The van der Waals surface area contributed by atoms with Gasteiger partial charge in [0.05, 0.1) is 11.0 Å². The third-order valence-electron chi connectivity index (χ3n) is 9.85. The maximum atomic E-state index is 5.41. The zero-order chi connectivity index (χ0) is 32.3. The number of hydrogen-bond donors (Lipinski definition) is 0. The van der Waals surface area contributed by atoms with Crippen LogP contribution in [0.5, 0.6) is 0 Å². The average Bonchev–Trinajstić information content (AvgIpc) is 3.53. The molecule has 228 valence electrons. The molecule has 3 nitrogen and oxygen atoms in total. The maximum Gasteiger partial charge on any atom is 0.237 e. The largest absolute Gasteiger partial charge is 0.289 e. The Kier molecular flexibility index (Phi) is 6.18. The Hall–Kier alpha value is -6.58. The van der Waals surface area contributed by atoms with Gasteiger partial charge in [-0.05, 0) is 74.1 Å².